The molecule has 10 bridgehead atoms. The Morgan fingerprint density at radius 3 is 0.942 bits per heavy atom. The molecule has 1 aliphatic heterocycles. The van der Waals surface area contributed by atoms with Crippen LogP contribution >= 0.6 is 0 Å². The fourth-order valence-corrected chi connectivity index (χ4v) is 6.80. The monoisotopic (exact) mass is 710 g/mol. The second-order valence-electron chi connectivity index (χ2n) is 13.2. The summed E-state index contributed by atoms with van der Waals surface area (Å²) in [6.45, 7) is 10.3. The van der Waals surface area contributed by atoms with Gasteiger partial charge in [-0.25, -0.2) is 0 Å². The third-order valence-corrected chi connectivity index (χ3v) is 9.20. The Bertz CT molecular complexity index is 1490. The quantitative estimate of drug-likeness (QED) is 0.177. The van der Waals surface area contributed by atoms with E-state index in [1.165, 1.54) is 0 Å². The minimum absolute atomic E-state index is 0.420. The molecule has 278 valence electrons. The van der Waals surface area contributed by atoms with Gasteiger partial charge < -0.3 is 37.9 Å². The molecule has 0 fully saturated rings. The topological polar surface area (TPSA) is 73.8 Å². The number of para-hydroxylation sites is 4. The van der Waals surface area contributed by atoms with Gasteiger partial charge in [-0.1, -0.05) is 86.6 Å². The molecule has 8 nitrogen and oxygen atoms in total. The summed E-state index contributed by atoms with van der Waals surface area (Å²) < 4.78 is 49.7. The normalized spacial score (nSPS) is 16.3. The van der Waals surface area contributed by atoms with E-state index in [4.69, 9.17) is 37.9 Å². The first-order valence-electron chi connectivity index (χ1n) is 19.0. The number of ether oxygens (including phenoxy) is 8. The van der Waals surface area contributed by atoms with E-state index < -0.39 is 0 Å². The van der Waals surface area contributed by atoms with Gasteiger partial charge in [-0.2, -0.15) is 0 Å². The van der Waals surface area contributed by atoms with E-state index in [9.17, 15) is 0 Å². The van der Waals surface area contributed by atoms with Crippen LogP contribution in [0.4, 0.5) is 0 Å². The smallest absolute Gasteiger partial charge is 0.126 e. The Morgan fingerprint density at radius 1 is 0.385 bits per heavy atom. The second-order valence-corrected chi connectivity index (χ2v) is 13.2. The Balaban J connectivity index is 1.48. The maximum atomic E-state index is 6.66. The first kappa shape index (κ1) is 37.7. The second kappa shape index (κ2) is 20.2. The van der Waals surface area contributed by atoms with E-state index in [2.05, 4.69) is 86.6 Å². The summed E-state index contributed by atoms with van der Waals surface area (Å²) in [4.78, 5) is 0. The van der Waals surface area contributed by atoms with Crippen LogP contribution in [0.3, 0.4) is 0 Å². The van der Waals surface area contributed by atoms with Gasteiger partial charge in [0.05, 0.1) is 66.1 Å². The first-order chi connectivity index (χ1) is 25.7. The van der Waals surface area contributed by atoms with E-state index in [0.29, 0.717) is 105 Å². The molecule has 1 heterocycles. The van der Waals surface area contributed by atoms with Gasteiger partial charge in [-0.15, -0.1) is 0 Å². The molecule has 8 heteroatoms. The van der Waals surface area contributed by atoms with Crippen LogP contribution in [0.25, 0.3) is 0 Å². The van der Waals surface area contributed by atoms with Crippen molar-refractivity contribution in [2.75, 3.05) is 79.3 Å². The molecule has 52 heavy (non-hydrogen) atoms. The summed E-state index contributed by atoms with van der Waals surface area (Å²) in [5.74, 6) is 3.64. The van der Waals surface area contributed by atoms with Crippen molar-refractivity contribution < 1.29 is 37.9 Å². The Hall–Kier alpha value is -4.08. The van der Waals surface area contributed by atoms with Crippen LogP contribution < -0.4 is 18.9 Å². The van der Waals surface area contributed by atoms with Crippen molar-refractivity contribution >= 4 is 0 Å². The molecule has 0 aromatic heterocycles. The van der Waals surface area contributed by atoms with Crippen molar-refractivity contribution in [1.29, 1.82) is 0 Å². The van der Waals surface area contributed by atoms with Crippen LogP contribution in [-0.4, -0.2) is 79.3 Å². The van der Waals surface area contributed by atoms with Crippen LogP contribution in [0, 0.1) is 0 Å². The third-order valence-electron chi connectivity index (χ3n) is 9.20. The van der Waals surface area contributed by atoms with Gasteiger partial charge in [0, 0.05) is 25.7 Å². The molecule has 0 saturated heterocycles. The molecule has 0 radical (unpaired) electrons. The maximum absolute atomic E-state index is 6.66. The Kier molecular flexibility index (Phi) is 14.7. The van der Waals surface area contributed by atoms with Gasteiger partial charge in [0.25, 0.3) is 0 Å². The number of hydrogen-bond acceptors (Lipinski definition) is 8. The number of fused-ring (bicyclic) bond motifs is 2. The molecular formula is C44H54O8. The Labute approximate surface area is 309 Å². The van der Waals surface area contributed by atoms with Crippen LogP contribution in [-0.2, 0) is 44.6 Å². The molecule has 0 unspecified atom stereocenters. The molecule has 4 aromatic rings. The molecular weight excluding hydrogens is 656 g/mol. The SMILES string of the molecule is CCCOc1c2cccc1Cc1cccc3c1OCCOCCOCCOCCOCCOc1c(cccc1Cc1cccc(c1OCCC)C3)C2. The maximum Gasteiger partial charge on any atom is 0.126 e. The van der Waals surface area contributed by atoms with Crippen molar-refractivity contribution in [1.82, 2.24) is 0 Å². The summed E-state index contributed by atoms with van der Waals surface area (Å²) in [5.41, 5.74) is 8.93. The van der Waals surface area contributed by atoms with Crippen LogP contribution in [0.5, 0.6) is 23.0 Å². The van der Waals surface area contributed by atoms with E-state index in [1.807, 2.05) is 0 Å². The molecule has 0 amide bonds. The third kappa shape index (κ3) is 10.3. The minimum atomic E-state index is 0.420. The lowest BCUT2D eigenvalue weighted by Gasteiger charge is -2.22. The van der Waals surface area contributed by atoms with Gasteiger partial charge in [0.2, 0.25) is 0 Å². The molecule has 6 rings (SSSR count). The standard InChI is InChI=1S/C44H54O8/c1-3-17-49-41-33-9-5-10-34(41)30-38-14-8-16-40-32-36-12-6-11-35(42(36)50-18-4-2)31-39-15-7-13-37(29-33)43(39)51-27-25-47-23-21-45-19-20-46-22-24-48-26-28-52-44(38)40/h5-16H,3-4,17-32H2,1-2H3. The highest BCUT2D eigenvalue weighted by molar-refractivity contribution is 5.56. The molecule has 2 aliphatic rings. The van der Waals surface area contributed by atoms with Crippen molar-refractivity contribution in [3.8, 4) is 23.0 Å². The summed E-state index contributed by atoms with van der Waals surface area (Å²) in [7, 11) is 0. The zero-order valence-electron chi connectivity index (χ0n) is 30.9. The van der Waals surface area contributed by atoms with E-state index in [1.54, 1.807) is 0 Å². The first-order valence-corrected chi connectivity index (χ1v) is 19.0. The van der Waals surface area contributed by atoms with Crippen molar-refractivity contribution in [2.45, 2.75) is 52.4 Å². The highest BCUT2D eigenvalue weighted by Gasteiger charge is 2.21. The molecule has 0 saturated carbocycles. The molecule has 0 N–H and O–H groups in total. The van der Waals surface area contributed by atoms with Crippen LogP contribution in [0.2, 0.25) is 0 Å². The fourth-order valence-electron chi connectivity index (χ4n) is 6.80. The zero-order valence-corrected chi connectivity index (χ0v) is 30.9. The van der Waals surface area contributed by atoms with Crippen LogP contribution in [0.1, 0.15) is 71.2 Å². The molecule has 1 aliphatic carbocycles. The van der Waals surface area contributed by atoms with Crippen molar-refractivity contribution in [2.24, 2.45) is 0 Å². The predicted octanol–water partition coefficient (Wildman–Crippen LogP) is 7.78. The van der Waals surface area contributed by atoms with E-state index >= 15 is 0 Å². The summed E-state index contributed by atoms with van der Waals surface area (Å²) in [6.07, 6.45) is 4.47. The number of rotatable bonds is 6. The van der Waals surface area contributed by atoms with Crippen LogP contribution in [0.15, 0.2) is 72.8 Å². The lowest BCUT2D eigenvalue weighted by Crippen LogP contribution is -2.15. The average Bonchev–Trinajstić information content (AvgIpc) is 3.15. The van der Waals surface area contributed by atoms with Gasteiger partial charge in [-0.05, 0) is 57.3 Å². The summed E-state index contributed by atoms with van der Waals surface area (Å²) in [6, 6.07) is 26.0. The van der Waals surface area contributed by atoms with Gasteiger partial charge >= 0.3 is 0 Å². The summed E-state index contributed by atoms with van der Waals surface area (Å²) in [5, 5.41) is 0. The van der Waals surface area contributed by atoms with E-state index in [0.717, 1.165) is 80.3 Å². The lowest BCUT2D eigenvalue weighted by atomic mass is 9.91. The zero-order chi connectivity index (χ0) is 35.8. The summed E-state index contributed by atoms with van der Waals surface area (Å²) >= 11 is 0. The van der Waals surface area contributed by atoms with E-state index in [-0.39, 0.29) is 0 Å². The number of hydrogen-bond donors (Lipinski definition) is 0. The largest absolute Gasteiger partial charge is 0.493 e. The fraction of sp³-hybridized carbons (Fsp3) is 0.455. The average molecular weight is 711 g/mol. The van der Waals surface area contributed by atoms with Crippen molar-refractivity contribution in [3.05, 3.63) is 117 Å². The predicted molar refractivity (Wildman–Crippen MR) is 203 cm³/mol. The van der Waals surface area contributed by atoms with Gasteiger partial charge in [0.15, 0.2) is 0 Å². The van der Waals surface area contributed by atoms with Crippen molar-refractivity contribution in [3.63, 3.8) is 0 Å². The Morgan fingerprint density at radius 2 is 0.654 bits per heavy atom. The van der Waals surface area contributed by atoms with Gasteiger partial charge in [-0.3, -0.25) is 0 Å². The molecule has 4 aromatic carbocycles. The van der Waals surface area contributed by atoms with Gasteiger partial charge in [0.1, 0.15) is 36.2 Å². The molecule has 0 spiro atoms. The highest BCUT2D eigenvalue weighted by atomic mass is 16.6. The number of benzene rings is 4. The minimum Gasteiger partial charge on any atom is -0.493 e. The lowest BCUT2D eigenvalue weighted by molar-refractivity contribution is -0.00706. The highest BCUT2D eigenvalue weighted by Crippen LogP contribution is 2.39. The molecule has 0 atom stereocenters.